The van der Waals surface area contributed by atoms with E-state index in [0.29, 0.717) is 29.7 Å². The molecule has 0 amide bonds. The van der Waals surface area contributed by atoms with E-state index in [1.807, 2.05) is 20.8 Å². The van der Waals surface area contributed by atoms with E-state index in [4.69, 9.17) is 4.74 Å². The van der Waals surface area contributed by atoms with Crippen LogP contribution in [0.5, 0.6) is 0 Å². The number of aromatic nitrogens is 4. The molecular weight excluding hydrogens is 390 g/mol. The molecule has 10 heteroatoms. The molecule has 1 unspecified atom stereocenters. The predicted octanol–water partition coefficient (Wildman–Crippen LogP) is 2.37. The van der Waals surface area contributed by atoms with Gasteiger partial charge < -0.3 is 19.9 Å². The Balaban J connectivity index is 1.70. The Labute approximate surface area is 175 Å². The molecule has 1 aliphatic heterocycles. The summed E-state index contributed by atoms with van der Waals surface area (Å²) in [5.74, 6) is 2.30. The fourth-order valence-electron chi connectivity index (χ4n) is 3.21. The minimum absolute atomic E-state index is 0.105. The highest BCUT2D eigenvalue weighted by molar-refractivity contribution is 7.13. The molecule has 0 fully saturated rings. The average molecular weight is 420 g/mol. The molecular formula is C19H29N7O2S. The minimum Gasteiger partial charge on any atom is -0.462 e. The Hall–Kier alpha value is -2.49. The van der Waals surface area contributed by atoms with Crippen molar-refractivity contribution < 1.29 is 9.53 Å². The second-order valence-corrected chi connectivity index (χ2v) is 7.92. The summed E-state index contributed by atoms with van der Waals surface area (Å²) in [6.45, 7) is 10.1. The van der Waals surface area contributed by atoms with Crippen molar-refractivity contribution in [2.75, 3.05) is 13.2 Å². The molecule has 0 spiro atoms. The molecule has 3 heterocycles. The maximum atomic E-state index is 12.1. The maximum Gasteiger partial charge on any atom is 0.350 e. The van der Waals surface area contributed by atoms with Crippen molar-refractivity contribution in [3.05, 3.63) is 27.2 Å². The zero-order valence-electron chi connectivity index (χ0n) is 17.5. The summed E-state index contributed by atoms with van der Waals surface area (Å²) in [7, 11) is 0. The van der Waals surface area contributed by atoms with E-state index in [2.05, 4.69) is 35.4 Å². The van der Waals surface area contributed by atoms with Gasteiger partial charge in [-0.25, -0.2) is 14.8 Å². The minimum atomic E-state index is -0.321. The number of fused-ring (bicyclic) bond motifs is 1. The first-order valence-electron chi connectivity index (χ1n) is 10.1. The lowest BCUT2D eigenvalue weighted by Gasteiger charge is -2.17. The van der Waals surface area contributed by atoms with E-state index >= 15 is 0 Å². The average Bonchev–Trinajstić information content (AvgIpc) is 3.30. The molecule has 9 nitrogen and oxygen atoms in total. The molecule has 1 atom stereocenters. The van der Waals surface area contributed by atoms with Crippen LogP contribution in [0.3, 0.4) is 0 Å². The van der Waals surface area contributed by atoms with Crippen LogP contribution < -0.4 is 10.6 Å². The van der Waals surface area contributed by atoms with Gasteiger partial charge in [-0.05, 0) is 40.5 Å². The van der Waals surface area contributed by atoms with Gasteiger partial charge in [0.1, 0.15) is 22.3 Å². The number of nitrogens with one attached hydrogen (secondary N) is 2. The molecule has 2 aromatic heterocycles. The number of carbonyl (C=O) groups excluding carboxylic acids is 1. The zero-order valence-corrected chi connectivity index (χ0v) is 18.3. The van der Waals surface area contributed by atoms with Gasteiger partial charge in [0.15, 0.2) is 11.8 Å². The molecule has 0 aromatic carbocycles. The van der Waals surface area contributed by atoms with Gasteiger partial charge in [-0.2, -0.15) is 0 Å². The Bertz CT molecular complexity index is 874. The quantitative estimate of drug-likeness (QED) is 0.403. The molecule has 1 aliphatic rings. The molecule has 2 N–H and O–H groups in total. The predicted molar refractivity (Wildman–Crippen MR) is 112 cm³/mol. The number of esters is 1. The number of nitrogens with zero attached hydrogens (tertiary/aromatic N) is 5. The lowest BCUT2D eigenvalue weighted by molar-refractivity contribution is 0.0531. The maximum absolute atomic E-state index is 12.1. The first-order chi connectivity index (χ1) is 14.0. The highest BCUT2D eigenvalue weighted by Gasteiger charge is 2.20. The van der Waals surface area contributed by atoms with Crippen molar-refractivity contribution in [3.63, 3.8) is 0 Å². The molecule has 158 valence electrons. The van der Waals surface area contributed by atoms with Crippen LogP contribution in [0.25, 0.3) is 0 Å². The summed E-state index contributed by atoms with van der Waals surface area (Å²) < 4.78 is 7.28. The highest BCUT2D eigenvalue weighted by atomic mass is 32.1. The van der Waals surface area contributed by atoms with Crippen molar-refractivity contribution in [3.8, 4) is 0 Å². The number of hydrogen-bond donors (Lipinski definition) is 2. The molecule has 0 saturated carbocycles. The smallest absolute Gasteiger partial charge is 0.350 e. The van der Waals surface area contributed by atoms with E-state index in [0.717, 1.165) is 42.6 Å². The van der Waals surface area contributed by atoms with E-state index in [-0.39, 0.29) is 12.0 Å². The highest BCUT2D eigenvalue weighted by Crippen LogP contribution is 2.24. The largest absolute Gasteiger partial charge is 0.462 e. The van der Waals surface area contributed by atoms with Gasteiger partial charge in [0.2, 0.25) is 0 Å². The Morgan fingerprint density at radius 1 is 1.34 bits per heavy atom. The molecule has 0 radical (unpaired) electrons. The van der Waals surface area contributed by atoms with Crippen molar-refractivity contribution in [2.24, 2.45) is 4.99 Å². The Kier molecular flexibility index (Phi) is 7.18. The SMILES string of the molecule is CCNC(=NCc1nnc2n1CCCC2)NC(C)c1nc(C)c(C(=O)OCC)s1. The first-order valence-corrected chi connectivity index (χ1v) is 10.9. The van der Waals surface area contributed by atoms with Gasteiger partial charge in [0, 0.05) is 19.5 Å². The first kappa shape index (κ1) is 21.2. The van der Waals surface area contributed by atoms with Gasteiger partial charge in [0.25, 0.3) is 0 Å². The normalized spacial score (nSPS) is 15.0. The van der Waals surface area contributed by atoms with Crippen LogP contribution in [0.1, 0.15) is 71.7 Å². The molecule has 0 bridgehead atoms. The van der Waals surface area contributed by atoms with E-state index < -0.39 is 0 Å². The number of aryl methyl sites for hydroxylation is 2. The van der Waals surface area contributed by atoms with Crippen molar-refractivity contribution >= 4 is 23.3 Å². The van der Waals surface area contributed by atoms with Crippen LogP contribution in [0.2, 0.25) is 0 Å². The van der Waals surface area contributed by atoms with Crippen molar-refractivity contribution in [2.45, 2.75) is 66.1 Å². The third kappa shape index (κ3) is 5.11. The molecule has 3 rings (SSSR count). The van der Waals surface area contributed by atoms with Gasteiger partial charge in [-0.1, -0.05) is 0 Å². The summed E-state index contributed by atoms with van der Waals surface area (Å²) in [6, 6.07) is -0.105. The zero-order chi connectivity index (χ0) is 20.8. The van der Waals surface area contributed by atoms with Gasteiger partial charge in [-0.3, -0.25) is 0 Å². The number of hydrogen-bond acceptors (Lipinski definition) is 7. The number of guanidine groups is 1. The van der Waals surface area contributed by atoms with Gasteiger partial charge in [0.05, 0.1) is 18.3 Å². The summed E-state index contributed by atoms with van der Waals surface area (Å²) in [6.07, 6.45) is 3.31. The number of carbonyl (C=O) groups is 1. The van der Waals surface area contributed by atoms with Crippen LogP contribution in [0.4, 0.5) is 0 Å². The summed E-state index contributed by atoms with van der Waals surface area (Å²) >= 11 is 1.35. The van der Waals surface area contributed by atoms with Crippen LogP contribution in [0.15, 0.2) is 4.99 Å². The van der Waals surface area contributed by atoms with Crippen LogP contribution >= 0.6 is 11.3 Å². The Morgan fingerprint density at radius 3 is 2.93 bits per heavy atom. The lowest BCUT2D eigenvalue weighted by atomic mass is 10.2. The summed E-state index contributed by atoms with van der Waals surface area (Å²) in [5, 5.41) is 16.0. The molecule has 2 aromatic rings. The second-order valence-electron chi connectivity index (χ2n) is 6.89. The third-order valence-corrected chi connectivity index (χ3v) is 5.98. The standard InChI is InChI=1S/C19H29N7O2S/c1-5-20-19(21-11-15-25-24-14-9-7-8-10-26(14)15)23-13(4)17-22-12(3)16(29-17)18(27)28-6-2/h13H,5-11H2,1-4H3,(H2,20,21,23). The Morgan fingerprint density at radius 2 is 2.17 bits per heavy atom. The van der Waals surface area contributed by atoms with Gasteiger partial charge >= 0.3 is 5.97 Å². The summed E-state index contributed by atoms with van der Waals surface area (Å²) in [4.78, 5) is 21.8. The van der Waals surface area contributed by atoms with Crippen molar-refractivity contribution in [1.82, 2.24) is 30.4 Å². The molecule has 0 aliphatic carbocycles. The number of aliphatic imine (C=N–C) groups is 1. The fraction of sp³-hybridized carbons (Fsp3) is 0.632. The van der Waals surface area contributed by atoms with E-state index in [9.17, 15) is 4.79 Å². The van der Waals surface area contributed by atoms with E-state index in [1.54, 1.807) is 6.92 Å². The molecule has 0 saturated heterocycles. The van der Waals surface area contributed by atoms with Crippen LogP contribution in [-0.2, 0) is 24.2 Å². The van der Waals surface area contributed by atoms with Crippen molar-refractivity contribution in [1.29, 1.82) is 0 Å². The number of thiazole rings is 1. The van der Waals surface area contributed by atoms with Gasteiger partial charge in [-0.15, -0.1) is 21.5 Å². The topological polar surface area (TPSA) is 106 Å². The lowest BCUT2D eigenvalue weighted by Crippen LogP contribution is -2.38. The number of rotatable bonds is 7. The van der Waals surface area contributed by atoms with Crippen LogP contribution in [-0.4, -0.2) is 44.8 Å². The van der Waals surface area contributed by atoms with E-state index in [1.165, 1.54) is 17.8 Å². The third-order valence-electron chi connectivity index (χ3n) is 4.66. The number of ether oxygens (including phenoxy) is 1. The second kappa shape index (κ2) is 9.82. The fourth-order valence-corrected chi connectivity index (χ4v) is 4.17. The summed E-state index contributed by atoms with van der Waals surface area (Å²) in [5.41, 5.74) is 0.689. The monoisotopic (exact) mass is 419 g/mol. The molecule has 29 heavy (non-hydrogen) atoms. The van der Waals surface area contributed by atoms with Crippen LogP contribution in [0, 0.1) is 6.92 Å².